The van der Waals surface area contributed by atoms with Crippen LogP contribution in [0.1, 0.15) is 53.9 Å². The van der Waals surface area contributed by atoms with Gasteiger partial charge < -0.3 is 5.32 Å². The molecule has 0 amide bonds. The molecule has 1 rings (SSSR count). The summed E-state index contributed by atoms with van der Waals surface area (Å²) in [5.74, 6) is 0.750. The van der Waals surface area contributed by atoms with Crippen LogP contribution in [0.2, 0.25) is 0 Å². The predicted octanol–water partition coefficient (Wildman–Crippen LogP) is 2.82. The van der Waals surface area contributed by atoms with Crippen LogP contribution in [0.15, 0.2) is 0 Å². The molecule has 0 saturated carbocycles. The van der Waals surface area contributed by atoms with Crippen LogP contribution in [-0.2, 0) is 0 Å². The van der Waals surface area contributed by atoms with Crippen molar-refractivity contribution in [1.82, 2.24) is 15.1 Å². The second kappa shape index (κ2) is 9.75. The lowest BCUT2D eigenvalue weighted by Crippen LogP contribution is -2.54. The van der Waals surface area contributed by atoms with Crippen molar-refractivity contribution in [3.63, 3.8) is 0 Å². The highest BCUT2D eigenvalue weighted by molar-refractivity contribution is 4.81. The first-order valence-corrected chi connectivity index (χ1v) is 8.77. The molecule has 3 nitrogen and oxygen atoms in total. The van der Waals surface area contributed by atoms with Crippen LogP contribution in [0.5, 0.6) is 0 Å². The van der Waals surface area contributed by atoms with Crippen LogP contribution in [0.3, 0.4) is 0 Å². The molecule has 120 valence electrons. The molecule has 2 unspecified atom stereocenters. The molecule has 1 aliphatic rings. The van der Waals surface area contributed by atoms with Crippen LogP contribution in [-0.4, -0.2) is 61.2 Å². The average molecular weight is 284 g/mol. The fourth-order valence-electron chi connectivity index (χ4n) is 3.09. The summed E-state index contributed by atoms with van der Waals surface area (Å²) in [5.41, 5.74) is 0. The second-order valence-corrected chi connectivity index (χ2v) is 6.82. The third-order valence-corrected chi connectivity index (χ3v) is 4.63. The third kappa shape index (κ3) is 6.11. The second-order valence-electron chi connectivity index (χ2n) is 6.82. The van der Waals surface area contributed by atoms with E-state index in [9.17, 15) is 0 Å². The van der Waals surface area contributed by atoms with Crippen LogP contribution >= 0.6 is 0 Å². The summed E-state index contributed by atoms with van der Waals surface area (Å²) < 4.78 is 0. The SMILES string of the molecule is CCCC(CNCC(C)C)N1CCN(C(C)CC)CC1. The van der Waals surface area contributed by atoms with Gasteiger partial charge in [0.15, 0.2) is 0 Å². The third-order valence-electron chi connectivity index (χ3n) is 4.63. The van der Waals surface area contributed by atoms with Gasteiger partial charge in [-0.05, 0) is 32.2 Å². The lowest BCUT2D eigenvalue weighted by atomic mass is 10.1. The number of nitrogens with one attached hydrogen (secondary N) is 1. The van der Waals surface area contributed by atoms with Crippen molar-refractivity contribution >= 4 is 0 Å². The summed E-state index contributed by atoms with van der Waals surface area (Å²) in [7, 11) is 0. The molecule has 1 fully saturated rings. The van der Waals surface area contributed by atoms with Crippen molar-refractivity contribution in [2.24, 2.45) is 5.92 Å². The minimum Gasteiger partial charge on any atom is -0.315 e. The lowest BCUT2D eigenvalue weighted by molar-refractivity contribution is 0.0687. The van der Waals surface area contributed by atoms with E-state index in [2.05, 4.69) is 49.7 Å². The van der Waals surface area contributed by atoms with Gasteiger partial charge in [0.2, 0.25) is 0 Å². The molecule has 0 aliphatic carbocycles. The molecule has 0 bridgehead atoms. The van der Waals surface area contributed by atoms with Crippen LogP contribution in [0, 0.1) is 5.92 Å². The minimum atomic E-state index is 0.734. The molecule has 1 aliphatic heterocycles. The topological polar surface area (TPSA) is 18.5 Å². The lowest BCUT2D eigenvalue weighted by Gasteiger charge is -2.41. The highest BCUT2D eigenvalue weighted by Gasteiger charge is 2.24. The Labute approximate surface area is 127 Å². The number of piperazine rings is 1. The van der Waals surface area contributed by atoms with E-state index >= 15 is 0 Å². The molecule has 1 saturated heterocycles. The Hall–Kier alpha value is -0.120. The molecule has 0 radical (unpaired) electrons. The van der Waals surface area contributed by atoms with Gasteiger partial charge in [0, 0.05) is 44.8 Å². The van der Waals surface area contributed by atoms with E-state index in [4.69, 9.17) is 0 Å². The number of hydrogen-bond acceptors (Lipinski definition) is 3. The number of nitrogens with zero attached hydrogens (tertiary/aromatic N) is 2. The summed E-state index contributed by atoms with van der Waals surface area (Å²) in [6.07, 6.45) is 3.89. The monoisotopic (exact) mass is 283 g/mol. The number of rotatable bonds is 9. The molecule has 3 heteroatoms. The first-order valence-electron chi connectivity index (χ1n) is 8.77. The molecular formula is C17H37N3. The van der Waals surface area contributed by atoms with Crippen LogP contribution in [0.25, 0.3) is 0 Å². The van der Waals surface area contributed by atoms with Crippen molar-refractivity contribution in [2.75, 3.05) is 39.3 Å². The van der Waals surface area contributed by atoms with Gasteiger partial charge in [0.1, 0.15) is 0 Å². The fraction of sp³-hybridized carbons (Fsp3) is 1.00. The van der Waals surface area contributed by atoms with Gasteiger partial charge in [0.25, 0.3) is 0 Å². The van der Waals surface area contributed by atoms with E-state index in [-0.39, 0.29) is 0 Å². The Kier molecular flexibility index (Phi) is 8.74. The Balaban J connectivity index is 2.37. The Bertz CT molecular complexity index is 234. The smallest absolute Gasteiger partial charge is 0.0221 e. The van der Waals surface area contributed by atoms with Gasteiger partial charge >= 0.3 is 0 Å². The van der Waals surface area contributed by atoms with E-state index in [1.165, 1.54) is 45.4 Å². The Morgan fingerprint density at radius 1 is 0.900 bits per heavy atom. The Morgan fingerprint density at radius 2 is 1.50 bits per heavy atom. The van der Waals surface area contributed by atoms with Gasteiger partial charge in [-0.1, -0.05) is 34.1 Å². The van der Waals surface area contributed by atoms with Crippen LogP contribution in [0.4, 0.5) is 0 Å². The summed E-state index contributed by atoms with van der Waals surface area (Å²) in [6, 6.07) is 1.48. The Morgan fingerprint density at radius 3 is 2.00 bits per heavy atom. The zero-order chi connectivity index (χ0) is 15.0. The van der Waals surface area contributed by atoms with Crippen LogP contribution < -0.4 is 5.32 Å². The number of hydrogen-bond donors (Lipinski definition) is 1. The van der Waals surface area contributed by atoms with Crippen molar-refractivity contribution in [2.45, 2.75) is 66.0 Å². The van der Waals surface area contributed by atoms with E-state index < -0.39 is 0 Å². The zero-order valence-electron chi connectivity index (χ0n) is 14.5. The van der Waals surface area contributed by atoms with E-state index in [0.29, 0.717) is 0 Å². The highest BCUT2D eigenvalue weighted by atomic mass is 15.3. The van der Waals surface area contributed by atoms with Gasteiger partial charge in [-0.3, -0.25) is 9.80 Å². The average Bonchev–Trinajstić information content (AvgIpc) is 2.45. The minimum absolute atomic E-state index is 0.734. The van der Waals surface area contributed by atoms with E-state index in [1.54, 1.807) is 0 Å². The molecule has 0 aromatic heterocycles. The summed E-state index contributed by atoms with van der Waals surface area (Å²) >= 11 is 0. The first kappa shape index (κ1) is 17.9. The molecule has 0 spiro atoms. The molecule has 0 aromatic rings. The van der Waals surface area contributed by atoms with E-state index in [1.807, 2.05) is 0 Å². The maximum absolute atomic E-state index is 3.66. The highest BCUT2D eigenvalue weighted by Crippen LogP contribution is 2.13. The first-order chi connectivity index (χ1) is 9.58. The summed E-state index contributed by atoms with van der Waals surface area (Å²) in [6.45, 7) is 18.8. The van der Waals surface area contributed by atoms with Crippen molar-refractivity contribution in [3.8, 4) is 0 Å². The van der Waals surface area contributed by atoms with Crippen molar-refractivity contribution in [1.29, 1.82) is 0 Å². The summed E-state index contributed by atoms with van der Waals surface area (Å²) in [4.78, 5) is 5.37. The standard InChI is InChI=1S/C17H37N3/c1-6-8-17(14-18-13-15(3)4)20-11-9-19(10-12-20)16(5)7-2/h15-18H,6-14H2,1-5H3. The van der Waals surface area contributed by atoms with Gasteiger partial charge in [-0.25, -0.2) is 0 Å². The largest absolute Gasteiger partial charge is 0.315 e. The predicted molar refractivity (Wildman–Crippen MR) is 89.3 cm³/mol. The van der Waals surface area contributed by atoms with Gasteiger partial charge in [-0.15, -0.1) is 0 Å². The molecule has 20 heavy (non-hydrogen) atoms. The van der Waals surface area contributed by atoms with Gasteiger partial charge in [-0.2, -0.15) is 0 Å². The molecule has 2 atom stereocenters. The van der Waals surface area contributed by atoms with Crippen molar-refractivity contribution < 1.29 is 0 Å². The molecule has 0 aromatic carbocycles. The maximum Gasteiger partial charge on any atom is 0.0221 e. The van der Waals surface area contributed by atoms with Gasteiger partial charge in [0.05, 0.1) is 0 Å². The molecular weight excluding hydrogens is 246 g/mol. The normalized spacial score (nSPS) is 21.3. The maximum atomic E-state index is 3.66. The molecule has 1 heterocycles. The van der Waals surface area contributed by atoms with E-state index in [0.717, 1.165) is 31.1 Å². The molecule has 1 N–H and O–H groups in total. The van der Waals surface area contributed by atoms with Crippen molar-refractivity contribution in [3.05, 3.63) is 0 Å². The zero-order valence-corrected chi connectivity index (χ0v) is 14.5. The fourth-order valence-corrected chi connectivity index (χ4v) is 3.09. The quantitative estimate of drug-likeness (QED) is 0.702. The summed E-state index contributed by atoms with van der Waals surface area (Å²) in [5, 5.41) is 3.66.